The minimum Gasteiger partial charge on any atom is -0.320 e. The Balaban J connectivity index is 1.80. The van der Waals surface area contributed by atoms with Crippen molar-refractivity contribution in [3.05, 3.63) is 52.0 Å². The Kier molecular flexibility index (Phi) is 3.53. The molecule has 1 aliphatic rings. The fourth-order valence-electron chi connectivity index (χ4n) is 2.05. The van der Waals surface area contributed by atoms with E-state index in [0.29, 0.717) is 11.6 Å². The van der Waals surface area contributed by atoms with Gasteiger partial charge >= 0.3 is 0 Å². The molecule has 5 heteroatoms. The lowest BCUT2D eigenvalue weighted by Gasteiger charge is -2.08. The third kappa shape index (κ3) is 2.88. The van der Waals surface area contributed by atoms with Gasteiger partial charge in [0, 0.05) is 21.8 Å². The summed E-state index contributed by atoms with van der Waals surface area (Å²) in [7, 11) is 0. The van der Waals surface area contributed by atoms with Crippen LogP contribution in [0.25, 0.3) is 0 Å². The number of carbonyl (C=O) groups is 1. The van der Waals surface area contributed by atoms with Crippen molar-refractivity contribution in [1.82, 2.24) is 9.97 Å². The molecule has 0 unspecified atom stereocenters. The van der Waals surface area contributed by atoms with Crippen molar-refractivity contribution in [2.45, 2.75) is 25.7 Å². The second-order valence-electron chi connectivity index (χ2n) is 5.02. The molecule has 0 spiro atoms. The number of halogens is 1. The average Bonchev–Trinajstić information content (AvgIpc) is 3.26. The number of hydrogen-bond donors (Lipinski definition) is 1. The molecule has 0 saturated heterocycles. The molecule has 1 aromatic heterocycles. The second kappa shape index (κ2) is 5.32. The average molecular weight is 332 g/mol. The maximum absolute atomic E-state index is 12.2. The van der Waals surface area contributed by atoms with E-state index in [-0.39, 0.29) is 5.91 Å². The Labute approximate surface area is 125 Å². The third-order valence-corrected chi connectivity index (χ3v) is 3.85. The molecule has 1 fully saturated rings. The first-order valence-corrected chi connectivity index (χ1v) is 7.32. The van der Waals surface area contributed by atoms with Gasteiger partial charge in [-0.05, 0) is 49.6 Å². The summed E-state index contributed by atoms with van der Waals surface area (Å²) < 4.78 is 0.992. The number of benzene rings is 1. The minimum atomic E-state index is -0.195. The van der Waals surface area contributed by atoms with Crippen molar-refractivity contribution in [2.75, 3.05) is 5.32 Å². The molecule has 1 N–H and O–H groups in total. The van der Waals surface area contributed by atoms with Crippen LogP contribution < -0.4 is 5.32 Å². The maximum atomic E-state index is 12.2. The van der Waals surface area contributed by atoms with E-state index in [0.717, 1.165) is 34.3 Å². The fourth-order valence-corrected chi connectivity index (χ4v) is 2.53. The van der Waals surface area contributed by atoms with Crippen LogP contribution in [0.1, 0.15) is 40.5 Å². The van der Waals surface area contributed by atoms with Crippen molar-refractivity contribution in [2.24, 2.45) is 0 Å². The summed E-state index contributed by atoms with van der Waals surface area (Å²) in [5, 5.41) is 2.89. The number of aryl methyl sites for hydroxylation is 1. The van der Waals surface area contributed by atoms with Crippen LogP contribution in [0.5, 0.6) is 0 Å². The quantitative estimate of drug-likeness (QED) is 0.933. The lowest BCUT2D eigenvalue weighted by atomic mass is 10.2. The number of aromatic nitrogens is 2. The Hall–Kier alpha value is -1.75. The Morgan fingerprint density at radius 2 is 2.10 bits per heavy atom. The van der Waals surface area contributed by atoms with Gasteiger partial charge in [-0.15, -0.1) is 0 Å². The Morgan fingerprint density at radius 3 is 2.80 bits per heavy atom. The van der Waals surface area contributed by atoms with Crippen LogP contribution in [-0.4, -0.2) is 15.9 Å². The highest BCUT2D eigenvalue weighted by Gasteiger charge is 2.26. The van der Waals surface area contributed by atoms with Gasteiger partial charge in [0.1, 0.15) is 12.0 Å². The predicted molar refractivity (Wildman–Crippen MR) is 80.8 cm³/mol. The predicted octanol–water partition coefficient (Wildman–Crippen LogP) is 3.68. The number of rotatable bonds is 3. The van der Waals surface area contributed by atoms with E-state index in [9.17, 15) is 4.79 Å². The van der Waals surface area contributed by atoms with Crippen molar-refractivity contribution < 1.29 is 4.79 Å². The van der Waals surface area contributed by atoms with Crippen molar-refractivity contribution in [1.29, 1.82) is 0 Å². The first-order valence-electron chi connectivity index (χ1n) is 6.53. The van der Waals surface area contributed by atoms with E-state index >= 15 is 0 Å². The first kappa shape index (κ1) is 13.2. The van der Waals surface area contributed by atoms with E-state index < -0.39 is 0 Å². The molecule has 1 amide bonds. The molecular formula is C15H14BrN3O. The Morgan fingerprint density at radius 1 is 1.30 bits per heavy atom. The summed E-state index contributed by atoms with van der Waals surface area (Å²) in [6, 6.07) is 7.53. The van der Waals surface area contributed by atoms with Gasteiger partial charge in [0.2, 0.25) is 0 Å². The number of amides is 1. The van der Waals surface area contributed by atoms with E-state index in [2.05, 4.69) is 31.2 Å². The van der Waals surface area contributed by atoms with Crippen LogP contribution in [0.4, 0.5) is 5.69 Å². The maximum Gasteiger partial charge on any atom is 0.274 e. The van der Waals surface area contributed by atoms with E-state index in [1.807, 2.05) is 25.1 Å². The third-order valence-electron chi connectivity index (χ3n) is 3.35. The zero-order chi connectivity index (χ0) is 14.1. The summed E-state index contributed by atoms with van der Waals surface area (Å²) in [5.74, 6) is 0.318. The van der Waals surface area contributed by atoms with Crippen LogP contribution in [0.15, 0.2) is 35.1 Å². The van der Waals surface area contributed by atoms with Gasteiger partial charge in [-0.2, -0.15) is 0 Å². The fraction of sp³-hybridized carbons (Fsp3) is 0.267. The number of carbonyl (C=O) groups excluding carboxylic acids is 1. The smallest absolute Gasteiger partial charge is 0.274 e. The largest absolute Gasteiger partial charge is 0.320 e. The molecule has 0 aliphatic heterocycles. The molecule has 0 bridgehead atoms. The molecule has 20 heavy (non-hydrogen) atoms. The van der Waals surface area contributed by atoms with E-state index in [4.69, 9.17) is 0 Å². The molecule has 4 nitrogen and oxygen atoms in total. The zero-order valence-electron chi connectivity index (χ0n) is 11.1. The van der Waals surface area contributed by atoms with Gasteiger partial charge in [-0.3, -0.25) is 4.79 Å². The van der Waals surface area contributed by atoms with Gasteiger partial charge < -0.3 is 5.32 Å². The van der Waals surface area contributed by atoms with Crippen LogP contribution >= 0.6 is 15.9 Å². The van der Waals surface area contributed by atoms with Crippen LogP contribution in [0, 0.1) is 6.92 Å². The summed E-state index contributed by atoms with van der Waals surface area (Å²) in [6.07, 6.45) is 3.78. The van der Waals surface area contributed by atoms with Gasteiger partial charge in [-0.25, -0.2) is 9.97 Å². The summed E-state index contributed by atoms with van der Waals surface area (Å²) in [5.41, 5.74) is 3.19. The standard InChI is InChI=1S/C15H14BrN3O/c1-9-6-11(16)4-5-12(9)19-15(20)14-7-13(10-2-3-10)17-8-18-14/h4-8,10H,2-3H2,1H3,(H,19,20). The number of anilines is 1. The lowest BCUT2D eigenvalue weighted by molar-refractivity contribution is 0.102. The highest BCUT2D eigenvalue weighted by molar-refractivity contribution is 9.10. The monoisotopic (exact) mass is 331 g/mol. The molecule has 0 atom stereocenters. The second-order valence-corrected chi connectivity index (χ2v) is 5.93. The van der Waals surface area contributed by atoms with Crippen LogP contribution in [0.2, 0.25) is 0 Å². The molecular weight excluding hydrogens is 318 g/mol. The molecule has 1 saturated carbocycles. The van der Waals surface area contributed by atoms with E-state index in [1.54, 1.807) is 6.07 Å². The number of hydrogen-bond acceptors (Lipinski definition) is 3. The van der Waals surface area contributed by atoms with Gasteiger partial charge in [0.25, 0.3) is 5.91 Å². The zero-order valence-corrected chi connectivity index (χ0v) is 12.6. The highest BCUT2D eigenvalue weighted by Crippen LogP contribution is 2.38. The highest BCUT2D eigenvalue weighted by atomic mass is 79.9. The summed E-state index contributed by atoms with van der Waals surface area (Å²) in [6.45, 7) is 1.95. The SMILES string of the molecule is Cc1cc(Br)ccc1NC(=O)c1cc(C2CC2)ncn1. The molecule has 1 aliphatic carbocycles. The molecule has 2 aromatic rings. The van der Waals surface area contributed by atoms with Crippen molar-refractivity contribution in [3.8, 4) is 0 Å². The van der Waals surface area contributed by atoms with Crippen LogP contribution in [-0.2, 0) is 0 Å². The van der Waals surface area contributed by atoms with Gasteiger partial charge in [0.15, 0.2) is 0 Å². The topological polar surface area (TPSA) is 54.9 Å². The minimum absolute atomic E-state index is 0.195. The normalized spacial score (nSPS) is 14.1. The summed E-state index contributed by atoms with van der Waals surface area (Å²) >= 11 is 3.41. The van der Waals surface area contributed by atoms with Gasteiger partial charge in [-0.1, -0.05) is 15.9 Å². The summed E-state index contributed by atoms with van der Waals surface area (Å²) in [4.78, 5) is 20.5. The molecule has 102 valence electrons. The van der Waals surface area contributed by atoms with Crippen LogP contribution in [0.3, 0.4) is 0 Å². The van der Waals surface area contributed by atoms with E-state index in [1.165, 1.54) is 6.33 Å². The van der Waals surface area contributed by atoms with Gasteiger partial charge in [0.05, 0.1) is 0 Å². The molecule has 1 heterocycles. The first-order chi connectivity index (χ1) is 9.63. The molecule has 1 aromatic carbocycles. The molecule has 3 rings (SSSR count). The van der Waals surface area contributed by atoms with Crippen molar-refractivity contribution >= 4 is 27.5 Å². The number of nitrogens with one attached hydrogen (secondary N) is 1. The number of nitrogens with zero attached hydrogens (tertiary/aromatic N) is 2. The van der Waals surface area contributed by atoms with Crippen molar-refractivity contribution in [3.63, 3.8) is 0 Å². The molecule has 0 radical (unpaired) electrons. The lowest BCUT2D eigenvalue weighted by Crippen LogP contribution is -2.15. The Bertz CT molecular complexity index is 668.